The molecule has 0 aromatic carbocycles. The van der Waals surface area contributed by atoms with Crippen molar-refractivity contribution in [1.29, 1.82) is 0 Å². The lowest BCUT2D eigenvalue weighted by molar-refractivity contribution is 0.0849. The van der Waals surface area contributed by atoms with Crippen LogP contribution in [0, 0.1) is 0 Å². The number of imidazole rings is 1. The fraction of sp³-hybridized carbons (Fsp3) is 0.625. The Hall–Kier alpha value is -0.870. The number of nitrogens with two attached hydrogens (primary N) is 1. The maximum atomic E-state index is 9.58. The number of aliphatic hydroxyl groups excluding tert-OH is 1. The van der Waals surface area contributed by atoms with E-state index in [4.69, 9.17) is 5.73 Å². The van der Waals surface area contributed by atoms with Gasteiger partial charge in [0.05, 0.1) is 18.2 Å². The summed E-state index contributed by atoms with van der Waals surface area (Å²) in [7, 11) is 0. The van der Waals surface area contributed by atoms with Crippen LogP contribution in [-0.2, 0) is 0 Å². The van der Waals surface area contributed by atoms with Gasteiger partial charge < -0.3 is 15.4 Å². The van der Waals surface area contributed by atoms with E-state index >= 15 is 0 Å². The van der Waals surface area contributed by atoms with Crippen molar-refractivity contribution in [3.63, 3.8) is 0 Å². The Morgan fingerprint density at radius 1 is 1.75 bits per heavy atom. The molecule has 3 unspecified atom stereocenters. The number of nitrogens with zero attached hydrogens (tertiary/aromatic N) is 2. The molecule has 1 aliphatic rings. The van der Waals surface area contributed by atoms with Crippen LogP contribution < -0.4 is 5.73 Å². The van der Waals surface area contributed by atoms with Gasteiger partial charge in [0.25, 0.3) is 0 Å². The molecule has 0 saturated carbocycles. The molecule has 3 atom stereocenters. The summed E-state index contributed by atoms with van der Waals surface area (Å²) in [6.45, 7) is 1.97. The highest BCUT2D eigenvalue weighted by atomic mass is 16.3. The minimum atomic E-state index is -0.346. The molecule has 1 aromatic heterocycles. The average Bonchev–Trinajstić information content (AvgIpc) is 2.48. The average molecular weight is 167 g/mol. The van der Waals surface area contributed by atoms with E-state index in [1.165, 1.54) is 0 Å². The quantitative estimate of drug-likeness (QED) is 0.580. The molecular weight excluding hydrogens is 154 g/mol. The Bertz CT molecular complexity index is 284. The van der Waals surface area contributed by atoms with Gasteiger partial charge >= 0.3 is 0 Å². The number of hydrogen-bond donors (Lipinski definition) is 2. The minimum Gasteiger partial charge on any atom is -0.391 e. The highest BCUT2D eigenvalue weighted by Crippen LogP contribution is 2.28. The summed E-state index contributed by atoms with van der Waals surface area (Å²) in [6.07, 6.45) is 3.85. The zero-order valence-electron chi connectivity index (χ0n) is 7.01. The third-order valence-corrected chi connectivity index (χ3v) is 2.52. The molecule has 4 heteroatoms. The topological polar surface area (TPSA) is 64.1 Å². The number of aromatic nitrogens is 2. The van der Waals surface area contributed by atoms with Crippen LogP contribution in [0.4, 0.5) is 0 Å². The fourth-order valence-electron chi connectivity index (χ4n) is 1.70. The van der Waals surface area contributed by atoms with Crippen LogP contribution in [0.25, 0.3) is 0 Å². The Morgan fingerprint density at radius 2 is 2.50 bits per heavy atom. The maximum Gasteiger partial charge on any atom is 0.126 e. The van der Waals surface area contributed by atoms with Gasteiger partial charge in [-0.05, 0) is 13.3 Å². The van der Waals surface area contributed by atoms with Crippen molar-refractivity contribution in [2.45, 2.75) is 31.5 Å². The highest BCUT2D eigenvalue weighted by Gasteiger charge is 2.29. The van der Waals surface area contributed by atoms with Crippen LogP contribution in [0.3, 0.4) is 0 Å². The SMILES string of the molecule is CC1C(O)CC(N)c2nccn21. The second-order valence-electron chi connectivity index (χ2n) is 3.34. The molecule has 1 aliphatic heterocycles. The summed E-state index contributed by atoms with van der Waals surface area (Å²) in [6, 6.07) is -0.0199. The molecular formula is C8H13N3O. The molecule has 0 radical (unpaired) electrons. The van der Waals surface area contributed by atoms with Crippen LogP contribution in [0.15, 0.2) is 12.4 Å². The summed E-state index contributed by atoms with van der Waals surface area (Å²) in [5.74, 6) is 0.882. The van der Waals surface area contributed by atoms with E-state index in [1.807, 2.05) is 17.7 Å². The molecule has 0 aliphatic carbocycles. The van der Waals surface area contributed by atoms with Crippen molar-refractivity contribution in [2.75, 3.05) is 0 Å². The van der Waals surface area contributed by atoms with Gasteiger partial charge in [-0.3, -0.25) is 0 Å². The lowest BCUT2D eigenvalue weighted by atomic mass is 9.99. The predicted molar refractivity (Wildman–Crippen MR) is 44.5 cm³/mol. The van der Waals surface area contributed by atoms with E-state index in [9.17, 15) is 5.11 Å². The van der Waals surface area contributed by atoms with Crippen molar-refractivity contribution < 1.29 is 5.11 Å². The zero-order valence-corrected chi connectivity index (χ0v) is 7.01. The normalized spacial score (nSPS) is 34.8. The fourth-order valence-corrected chi connectivity index (χ4v) is 1.70. The monoisotopic (exact) mass is 167 g/mol. The van der Waals surface area contributed by atoms with Gasteiger partial charge in [-0.1, -0.05) is 0 Å². The zero-order chi connectivity index (χ0) is 8.72. The van der Waals surface area contributed by atoms with Crippen molar-refractivity contribution in [2.24, 2.45) is 5.73 Å². The van der Waals surface area contributed by atoms with Gasteiger partial charge in [0.15, 0.2) is 0 Å². The first-order valence-electron chi connectivity index (χ1n) is 4.16. The Morgan fingerprint density at radius 3 is 3.25 bits per heavy atom. The summed E-state index contributed by atoms with van der Waals surface area (Å²) in [4.78, 5) is 4.15. The summed E-state index contributed by atoms with van der Waals surface area (Å²) >= 11 is 0. The molecule has 12 heavy (non-hydrogen) atoms. The van der Waals surface area contributed by atoms with Crippen LogP contribution in [-0.4, -0.2) is 20.8 Å². The van der Waals surface area contributed by atoms with Crippen LogP contribution in [0.5, 0.6) is 0 Å². The predicted octanol–water partition coefficient (Wildman–Crippen LogP) is 0.209. The third-order valence-electron chi connectivity index (χ3n) is 2.52. The lowest BCUT2D eigenvalue weighted by Crippen LogP contribution is -2.34. The Kier molecular flexibility index (Phi) is 1.66. The largest absolute Gasteiger partial charge is 0.391 e. The first kappa shape index (κ1) is 7.76. The third kappa shape index (κ3) is 0.956. The summed E-state index contributed by atoms with van der Waals surface area (Å²) in [5.41, 5.74) is 5.80. The van der Waals surface area contributed by atoms with Crippen molar-refractivity contribution >= 4 is 0 Å². The summed E-state index contributed by atoms with van der Waals surface area (Å²) < 4.78 is 1.94. The second kappa shape index (κ2) is 2.57. The van der Waals surface area contributed by atoms with Gasteiger partial charge in [0.1, 0.15) is 5.82 Å². The van der Waals surface area contributed by atoms with Crippen molar-refractivity contribution in [3.8, 4) is 0 Å². The van der Waals surface area contributed by atoms with Gasteiger partial charge in [-0.15, -0.1) is 0 Å². The van der Waals surface area contributed by atoms with E-state index in [1.54, 1.807) is 6.20 Å². The van der Waals surface area contributed by atoms with Gasteiger partial charge in [0.2, 0.25) is 0 Å². The van der Waals surface area contributed by atoms with E-state index in [2.05, 4.69) is 4.98 Å². The van der Waals surface area contributed by atoms with Crippen LogP contribution in [0.1, 0.15) is 31.3 Å². The number of aliphatic hydroxyl groups is 1. The van der Waals surface area contributed by atoms with Gasteiger partial charge in [-0.2, -0.15) is 0 Å². The first-order chi connectivity index (χ1) is 5.70. The Balaban J connectivity index is 2.43. The van der Waals surface area contributed by atoms with E-state index in [-0.39, 0.29) is 18.2 Å². The van der Waals surface area contributed by atoms with Crippen molar-refractivity contribution in [1.82, 2.24) is 9.55 Å². The van der Waals surface area contributed by atoms with E-state index in [0.29, 0.717) is 6.42 Å². The molecule has 0 fully saturated rings. The number of rotatable bonds is 0. The maximum absolute atomic E-state index is 9.58. The van der Waals surface area contributed by atoms with Crippen molar-refractivity contribution in [3.05, 3.63) is 18.2 Å². The second-order valence-corrected chi connectivity index (χ2v) is 3.34. The number of hydrogen-bond acceptors (Lipinski definition) is 3. The molecule has 2 rings (SSSR count). The molecule has 0 bridgehead atoms. The molecule has 0 amide bonds. The molecule has 4 nitrogen and oxygen atoms in total. The lowest BCUT2D eigenvalue weighted by Gasteiger charge is -2.30. The minimum absolute atomic E-state index is 0.0994. The molecule has 2 heterocycles. The first-order valence-corrected chi connectivity index (χ1v) is 4.16. The molecule has 0 saturated heterocycles. The van der Waals surface area contributed by atoms with Gasteiger partial charge in [-0.25, -0.2) is 4.98 Å². The molecule has 1 aromatic rings. The molecule has 0 spiro atoms. The smallest absolute Gasteiger partial charge is 0.126 e. The van der Waals surface area contributed by atoms with E-state index in [0.717, 1.165) is 5.82 Å². The van der Waals surface area contributed by atoms with Crippen LogP contribution >= 0.6 is 0 Å². The Labute approximate surface area is 71.0 Å². The standard InChI is InChI=1S/C8H13N3O/c1-5-7(12)4-6(9)8-10-2-3-11(5)8/h2-3,5-7,12H,4,9H2,1H3. The molecule has 66 valence electrons. The van der Waals surface area contributed by atoms with Crippen LogP contribution in [0.2, 0.25) is 0 Å². The van der Waals surface area contributed by atoms with E-state index < -0.39 is 0 Å². The summed E-state index contributed by atoms with van der Waals surface area (Å²) in [5, 5.41) is 9.58. The molecule has 3 N–H and O–H groups in total. The number of fused-ring (bicyclic) bond motifs is 1. The van der Waals surface area contributed by atoms with Gasteiger partial charge in [0, 0.05) is 12.4 Å². The highest BCUT2D eigenvalue weighted by molar-refractivity contribution is 5.05.